The van der Waals surface area contributed by atoms with E-state index in [2.05, 4.69) is 5.32 Å². The minimum atomic E-state index is -0.657. The van der Waals surface area contributed by atoms with Crippen molar-refractivity contribution in [3.8, 4) is 0 Å². The molecule has 0 radical (unpaired) electrons. The molecule has 0 aromatic heterocycles. The molecule has 0 spiro atoms. The van der Waals surface area contributed by atoms with E-state index >= 15 is 0 Å². The highest BCUT2D eigenvalue weighted by Crippen LogP contribution is 2.19. The number of halogens is 2. The van der Waals surface area contributed by atoms with Crippen molar-refractivity contribution in [3.63, 3.8) is 0 Å². The second-order valence-electron chi connectivity index (χ2n) is 6.07. The molecule has 0 fully saturated rings. The van der Waals surface area contributed by atoms with Gasteiger partial charge >= 0.3 is 5.97 Å². The van der Waals surface area contributed by atoms with Crippen molar-refractivity contribution < 1.29 is 18.7 Å². The molecule has 1 amide bonds. The van der Waals surface area contributed by atoms with E-state index < -0.39 is 24.3 Å². The van der Waals surface area contributed by atoms with E-state index in [0.717, 1.165) is 17.2 Å². The molecule has 142 valence electrons. The fourth-order valence-electron chi connectivity index (χ4n) is 2.68. The largest absolute Gasteiger partial charge is 0.452 e. The number of esters is 1. The number of hydrogen-bond donors (Lipinski definition) is 1. The van der Waals surface area contributed by atoms with Crippen LogP contribution in [0.3, 0.4) is 0 Å². The highest BCUT2D eigenvalue weighted by atomic mass is 35.5. The first-order valence-electron chi connectivity index (χ1n) is 8.57. The highest BCUT2D eigenvalue weighted by Gasteiger charge is 2.15. The van der Waals surface area contributed by atoms with Crippen molar-refractivity contribution in [3.05, 3.63) is 100 Å². The maximum Gasteiger partial charge on any atom is 0.338 e. The van der Waals surface area contributed by atoms with Gasteiger partial charge in [-0.05, 0) is 41.8 Å². The maximum absolute atomic E-state index is 13.7. The normalized spacial score (nSPS) is 10.4. The molecule has 6 heteroatoms. The Bertz CT molecular complexity index is 992. The lowest BCUT2D eigenvalue weighted by Crippen LogP contribution is -2.22. The molecular weight excluding hydrogens is 381 g/mol. The van der Waals surface area contributed by atoms with E-state index in [1.54, 1.807) is 12.1 Å². The third-order valence-electron chi connectivity index (χ3n) is 4.01. The minimum absolute atomic E-state index is 0.0713. The summed E-state index contributed by atoms with van der Waals surface area (Å²) in [4.78, 5) is 24.4. The fraction of sp³-hybridized carbons (Fsp3) is 0.0909. The standard InChI is InChI=1S/C22H17ClFNO3/c23-17-10-11-19(24)20(13-17)25-21(26)14-28-22(27)18-9-5-4-8-16(18)12-15-6-2-1-3-7-15/h1-11,13H,12,14H2,(H,25,26). The number of amides is 1. The molecule has 0 saturated heterocycles. The van der Waals surface area contributed by atoms with E-state index in [1.165, 1.54) is 12.1 Å². The molecule has 0 saturated carbocycles. The summed E-state index contributed by atoms with van der Waals surface area (Å²) in [6.45, 7) is -0.537. The zero-order valence-corrected chi connectivity index (χ0v) is 15.6. The van der Waals surface area contributed by atoms with Crippen molar-refractivity contribution in [1.82, 2.24) is 0 Å². The van der Waals surface area contributed by atoms with Gasteiger partial charge in [0.15, 0.2) is 6.61 Å². The van der Waals surface area contributed by atoms with Crippen LogP contribution in [0.2, 0.25) is 5.02 Å². The highest BCUT2D eigenvalue weighted by molar-refractivity contribution is 6.30. The van der Waals surface area contributed by atoms with Crippen LogP contribution in [0.25, 0.3) is 0 Å². The van der Waals surface area contributed by atoms with Crippen LogP contribution in [0.4, 0.5) is 10.1 Å². The third-order valence-corrected chi connectivity index (χ3v) is 4.25. The van der Waals surface area contributed by atoms with E-state index in [1.807, 2.05) is 42.5 Å². The number of carbonyl (C=O) groups is 2. The Hall–Kier alpha value is -3.18. The monoisotopic (exact) mass is 397 g/mol. The lowest BCUT2D eigenvalue weighted by Gasteiger charge is -2.10. The van der Waals surface area contributed by atoms with Crippen LogP contribution >= 0.6 is 11.6 Å². The van der Waals surface area contributed by atoms with E-state index in [4.69, 9.17) is 16.3 Å². The predicted molar refractivity (Wildman–Crippen MR) is 106 cm³/mol. The molecule has 4 nitrogen and oxygen atoms in total. The smallest absolute Gasteiger partial charge is 0.338 e. The van der Waals surface area contributed by atoms with Gasteiger partial charge in [-0.15, -0.1) is 0 Å². The van der Waals surface area contributed by atoms with Gasteiger partial charge in [0.25, 0.3) is 5.91 Å². The number of ether oxygens (including phenoxy) is 1. The zero-order chi connectivity index (χ0) is 19.9. The Morgan fingerprint density at radius 3 is 2.46 bits per heavy atom. The first-order chi connectivity index (χ1) is 13.5. The first kappa shape index (κ1) is 19.6. The molecule has 0 atom stereocenters. The van der Waals surface area contributed by atoms with Gasteiger partial charge in [0.1, 0.15) is 5.82 Å². The summed E-state index contributed by atoms with van der Waals surface area (Å²) in [5.41, 5.74) is 2.16. The molecule has 28 heavy (non-hydrogen) atoms. The average Bonchev–Trinajstić information content (AvgIpc) is 2.70. The second kappa shape index (κ2) is 9.15. The van der Waals surface area contributed by atoms with Crippen molar-refractivity contribution >= 4 is 29.2 Å². The molecule has 3 aromatic rings. The van der Waals surface area contributed by atoms with Crippen molar-refractivity contribution in [2.24, 2.45) is 0 Å². The summed E-state index contributed by atoms with van der Waals surface area (Å²) in [6, 6.07) is 20.6. The Morgan fingerprint density at radius 2 is 1.68 bits per heavy atom. The first-order valence-corrected chi connectivity index (χ1v) is 8.94. The third kappa shape index (κ3) is 5.18. The number of hydrogen-bond acceptors (Lipinski definition) is 3. The second-order valence-corrected chi connectivity index (χ2v) is 6.50. The summed E-state index contributed by atoms with van der Waals surface area (Å²) in [5.74, 6) is -1.90. The van der Waals surface area contributed by atoms with Gasteiger partial charge in [-0.2, -0.15) is 0 Å². The lowest BCUT2D eigenvalue weighted by molar-refractivity contribution is -0.119. The number of benzene rings is 3. The summed E-state index contributed by atoms with van der Waals surface area (Å²) in [5, 5.41) is 2.62. The molecular formula is C22H17ClFNO3. The Kier molecular flexibility index (Phi) is 6.40. The van der Waals surface area contributed by atoms with Gasteiger partial charge in [-0.3, -0.25) is 4.79 Å². The van der Waals surface area contributed by atoms with Crippen LogP contribution in [0, 0.1) is 5.82 Å². The van der Waals surface area contributed by atoms with E-state index in [-0.39, 0.29) is 10.7 Å². The van der Waals surface area contributed by atoms with Gasteiger partial charge in [-0.1, -0.05) is 60.1 Å². The number of rotatable bonds is 6. The van der Waals surface area contributed by atoms with Gasteiger partial charge < -0.3 is 10.1 Å². The predicted octanol–water partition coefficient (Wildman–Crippen LogP) is 4.87. The Morgan fingerprint density at radius 1 is 0.964 bits per heavy atom. The topological polar surface area (TPSA) is 55.4 Å². The molecule has 0 aliphatic carbocycles. The van der Waals surface area contributed by atoms with Crippen molar-refractivity contribution in [1.29, 1.82) is 0 Å². The average molecular weight is 398 g/mol. The van der Waals surface area contributed by atoms with Crippen LogP contribution in [0.5, 0.6) is 0 Å². The maximum atomic E-state index is 13.7. The summed E-state index contributed by atoms with van der Waals surface area (Å²) < 4.78 is 18.8. The van der Waals surface area contributed by atoms with Crippen LogP contribution < -0.4 is 5.32 Å². The summed E-state index contributed by atoms with van der Waals surface area (Å²) >= 11 is 5.79. The number of anilines is 1. The number of carbonyl (C=O) groups excluding carboxylic acids is 2. The summed E-state index contributed by atoms with van der Waals surface area (Å²) in [6.07, 6.45) is 0.562. The summed E-state index contributed by atoms with van der Waals surface area (Å²) in [7, 11) is 0. The molecule has 0 unspecified atom stereocenters. The molecule has 0 aliphatic rings. The van der Waals surface area contributed by atoms with Gasteiger partial charge in [0.2, 0.25) is 0 Å². The lowest BCUT2D eigenvalue weighted by atomic mass is 10.00. The SMILES string of the molecule is O=C(COC(=O)c1ccccc1Cc1ccccc1)Nc1cc(Cl)ccc1F. The molecule has 0 bridgehead atoms. The van der Waals surface area contributed by atoms with Crippen LogP contribution in [0.1, 0.15) is 21.5 Å². The number of nitrogens with one attached hydrogen (secondary N) is 1. The van der Waals surface area contributed by atoms with Crippen molar-refractivity contribution in [2.45, 2.75) is 6.42 Å². The quantitative estimate of drug-likeness (QED) is 0.604. The Labute approximate surface area is 166 Å². The molecule has 3 aromatic carbocycles. The van der Waals surface area contributed by atoms with Crippen molar-refractivity contribution in [2.75, 3.05) is 11.9 Å². The molecule has 3 rings (SSSR count). The van der Waals surface area contributed by atoms with Crippen LogP contribution in [-0.4, -0.2) is 18.5 Å². The van der Waals surface area contributed by atoms with E-state index in [0.29, 0.717) is 12.0 Å². The van der Waals surface area contributed by atoms with Gasteiger partial charge in [0.05, 0.1) is 11.3 Å². The minimum Gasteiger partial charge on any atom is -0.452 e. The van der Waals surface area contributed by atoms with Gasteiger partial charge in [0, 0.05) is 5.02 Å². The van der Waals surface area contributed by atoms with Gasteiger partial charge in [-0.25, -0.2) is 9.18 Å². The van der Waals surface area contributed by atoms with E-state index in [9.17, 15) is 14.0 Å². The Balaban J connectivity index is 1.63. The zero-order valence-electron chi connectivity index (χ0n) is 14.8. The van der Waals surface area contributed by atoms with Crippen LogP contribution in [-0.2, 0) is 16.0 Å². The van der Waals surface area contributed by atoms with Crippen LogP contribution in [0.15, 0.2) is 72.8 Å². The fourth-order valence-corrected chi connectivity index (χ4v) is 2.85. The molecule has 0 heterocycles. The molecule has 0 aliphatic heterocycles. The molecule has 1 N–H and O–H groups in total.